The van der Waals surface area contributed by atoms with Gasteiger partial charge in [0.2, 0.25) is 0 Å². The van der Waals surface area contributed by atoms with Gasteiger partial charge in [0.15, 0.2) is 0 Å². The van der Waals surface area contributed by atoms with E-state index in [4.69, 9.17) is 0 Å². The summed E-state index contributed by atoms with van der Waals surface area (Å²) in [4.78, 5) is 0. The van der Waals surface area contributed by atoms with Gasteiger partial charge in [-0.2, -0.15) is 0 Å². The fraction of sp³-hybridized carbons (Fsp3) is 0.900. The lowest BCUT2D eigenvalue weighted by Crippen LogP contribution is -2.64. The topological polar surface area (TPSA) is 0 Å². The molecule has 7 unspecified atom stereocenters. The van der Waals surface area contributed by atoms with Crippen molar-refractivity contribution in [3.05, 3.63) is 12.2 Å². The smallest absolute Gasteiger partial charge is 0.00297 e. The Morgan fingerprint density at radius 1 is 0.825 bits per heavy atom. The molecule has 5 saturated carbocycles. The van der Waals surface area contributed by atoms with Crippen LogP contribution >= 0.6 is 0 Å². The highest BCUT2D eigenvalue weighted by Gasteiger charge is 2.68. The fourth-order valence-electron chi connectivity index (χ4n) is 12.5. The third-order valence-electron chi connectivity index (χ3n) is 14.5. The minimum Gasteiger partial charge on any atom is -0.120 e. The molecule has 0 aromatic carbocycles. The molecule has 0 aliphatic heterocycles. The van der Waals surface area contributed by atoms with Gasteiger partial charge in [0.25, 0.3) is 0 Å². The van der Waals surface area contributed by atoms with Crippen molar-refractivity contribution >= 4 is 0 Å². The van der Waals surface area contributed by atoms with Gasteiger partial charge in [0, 0.05) is 0 Å². The van der Waals surface area contributed by atoms with Crippen LogP contribution in [0, 0.1) is 69.5 Å². The van der Waals surface area contributed by atoms with Crippen molar-refractivity contribution in [1.82, 2.24) is 0 Å². The number of allylic oxidation sites excluding steroid dienone is 1. The molecule has 5 aliphatic carbocycles. The van der Waals surface area contributed by atoms with Gasteiger partial charge in [-0.1, -0.05) is 86.8 Å². The van der Waals surface area contributed by atoms with E-state index in [1.165, 1.54) is 77.0 Å². The van der Waals surface area contributed by atoms with Crippen LogP contribution in [0.1, 0.15) is 171 Å². The summed E-state index contributed by atoms with van der Waals surface area (Å²) < 4.78 is 0. The van der Waals surface area contributed by atoms with Crippen molar-refractivity contribution in [2.75, 3.05) is 0 Å². The molecule has 5 aliphatic rings. The Hall–Kier alpha value is -0.700. The fourth-order valence-corrected chi connectivity index (χ4v) is 12.5. The molecule has 5 fully saturated rings. The lowest BCUT2D eigenvalue weighted by molar-refractivity contribution is -0.230. The summed E-state index contributed by atoms with van der Waals surface area (Å²) in [6, 6.07) is 0. The molecule has 0 aromatic heterocycles. The molecular weight excluding hydrogens is 480 g/mol. The van der Waals surface area contributed by atoms with Crippen LogP contribution < -0.4 is 0 Å². The molecule has 10 atom stereocenters. The van der Waals surface area contributed by atoms with Crippen LogP contribution in [0.4, 0.5) is 0 Å². The summed E-state index contributed by atoms with van der Waals surface area (Å²) in [5, 5.41) is 0. The van der Waals surface area contributed by atoms with E-state index in [1.54, 1.807) is 44.6 Å². The summed E-state index contributed by atoms with van der Waals surface area (Å²) in [6.45, 7) is 26.1. The zero-order chi connectivity index (χ0) is 29.8. The van der Waals surface area contributed by atoms with E-state index < -0.39 is 0 Å². The largest absolute Gasteiger partial charge is 0.120 e. The number of hydrogen-bond donors (Lipinski definition) is 0. The van der Waals surface area contributed by atoms with E-state index in [0.717, 1.165) is 40.9 Å². The molecule has 0 saturated heterocycles. The van der Waals surface area contributed by atoms with Crippen molar-refractivity contribution in [1.29, 1.82) is 0 Å². The van der Waals surface area contributed by atoms with Crippen LogP contribution in [0.25, 0.3) is 0 Å². The van der Waals surface area contributed by atoms with Gasteiger partial charge in [-0.25, -0.2) is 0 Å². The van der Waals surface area contributed by atoms with Crippen LogP contribution in [-0.4, -0.2) is 0 Å². The number of unbranched alkanes of at least 4 members (excludes halogenated alkanes) is 1. The summed E-state index contributed by atoms with van der Waals surface area (Å²) in [5.74, 6) is 8.02. The Bertz CT molecular complexity index is 860. The molecule has 40 heavy (non-hydrogen) atoms. The lowest BCUT2D eigenvalue weighted by Gasteiger charge is -2.72. The molecule has 0 bridgehead atoms. The average molecular weight is 551 g/mol. The zero-order valence-electron chi connectivity index (χ0n) is 28.8. The van der Waals surface area contributed by atoms with Crippen LogP contribution in [0.15, 0.2) is 12.2 Å². The monoisotopic (exact) mass is 551 g/mol. The molecule has 0 heteroatoms. The predicted molar refractivity (Wildman–Crippen MR) is 178 cm³/mol. The van der Waals surface area contributed by atoms with E-state index in [2.05, 4.69) is 60.5 Å². The molecule has 0 heterocycles. The highest BCUT2D eigenvalue weighted by molar-refractivity contribution is 5.17. The van der Waals surface area contributed by atoms with E-state index in [9.17, 15) is 0 Å². The van der Waals surface area contributed by atoms with Gasteiger partial charge in [0.1, 0.15) is 0 Å². The van der Waals surface area contributed by atoms with Gasteiger partial charge >= 0.3 is 0 Å². The van der Waals surface area contributed by atoms with Gasteiger partial charge in [0.05, 0.1) is 0 Å². The lowest BCUT2D eigenvalue weighted by atomic mass is 9.33. The predicted octanol–water partition coefficient (Wildman–Crippen LogP) is 12.7. The third kappa shape index (κ3) is 5.65. The highest BCUT2D eigenvalue weighted by Crippen LogP contribution is 2.76. The number of hydrogen-bond acceptors (Lipinski definition) is 0. The highest BCUT2D eigenvalue weighted by atomic mass is 14.7. The Morgan fingerprint density at radius 2 is 1.52 bits per heavy atom. The van der Waals surface area contributed by atoms with Crippen LogP contribution in [0.3, 0.4) is 0 Å². The van der Waals surface area contributed by atoms with E-state index in [-0.39, 0.29) is 0 Å². The molecule has 0 spiro atoms. The van der Waals surface area contributed by atoms with Crippen molar-refractivity contribution in [3.63, 3.8) is 0 Å². The maximum Gasteiger partial charge on any atom is -0.00297 e. The van der Waals surface area contributed by atoms with Crippen molar-refractivity contribution < 1.29 is 0 Å². The quantitative estimate of drug-likeness (QED) is 0.218. The maximum atomic E-state index is 4.60. The van der Waals surface area contributed by atoms with E-state index >= 15 is 0 Å². The Labute approximate surface area is 252 Å². The van der Waals surface area contributed by atoms with E-state index in [1.807, 2.05) is 13.8 Å². The average Bonchev–Trinajstić information content (AvgIpc) is 3.35. The molecule has 5 rings (SSSR count). The van der Waals surface area contributed by atoms with E-state index in [0.29, 0.717) is 16.2 Å². The molecule has 0 N–H and O–H groups in total. The number of terminal acetylenes is 1. The standard InChI is InChI=1S/C35H60.C3H4.C2H6/c1-8-10-12-25(3)24-27-16-20-32(5)28(26(27)4)17-21-34(7)31(32)15-14-29-30-13-11-19-35(30,18-9-2)23-22-33(29,34)6;1-3-2;1-2/h26-31H,3,8-24H2,1-2,4-7H3;1H,2H3;1-2H3/t26?,27?,28?,29?,30-,31-,32?,33-,34?,35?;;/m1../s1. The second-order valence-corrected chi connectivity index (χ2v) is 15.8. The SMILES string of the molecule is C#CC.C=C(CCCC)CC1CCC2(C)C(CCC3(C)[C@@H]2CCC2[C@H]4CCCC4(CCC)CC[C@]23C)C1C.CC. The second kappa shape index (κ2) is 13.7. The number of fused-ring (bicyclic) bond motifs is 7. The van der Waals surface area contributed by atoms with Crippen LogP contribution in [0.2, 0.25) is 0 Å². The first-order chi connectivity index (χ1) is 19.1. The van der Waals surface area contributed by atoms with Crippen LogP contribution in [-0.2, 0) is 0 Å². The van der Waals surface area contributed by atoms with Gasteiger partial charge in [-0.15, -0.1) is 12.3 Å². The molecular formula is C40H70. The maximum absolute atomic E-state index is 4.60. The summed E-state index contributed by atoms with van der Waals surface area (Å²) in [6.07, 6.45) is 29.6. The van der Waals surface area contributed by atoms with Crippen molar-refractivity contribution in [2.24, 2.45) is 57.2 Å². The Kier molecular flexibility index (Phi) is 11.6. The molecule has 0 nitrogen and oxygen atoms in total. The minimum atomic E-state index is 0.569. The third-order valence-corrected chi connectivity index (χ3v) is 14.5. The normalized spacial score (nSPS) is 45.1. The van der Waals surface area contributed by atoms with Crippen molar-refractivity contribution in [3.8, 4) is 12.3 Å². The number of rotatable bonds is 7. The van der Waals surface area contributed by atoms with Gasteiger partial charge < -0.3 is 0 Å². The molecule has 0 radical (unpaired) electrons. The molecule has 230 valence electrons. The zero-order valence-corrected chi connectivity index (χ0v) is 28.8. The van der Waals surface area contributed by atoms with Gasteiger partial charge in [-0.05, 0) is 154 Å². The molecule has 0 amide bonds. The first kappa shape index (κ1) is 33.8. The summed E-state index contributed by atoms with van der Waals surface area (Å²) >= 11 is 0. The first-order valence-corrected chi connectivity index (χ1v) is 18.1. The van der Waals surface area contributed by atoms with Crippen molar-refractivity contribution in [2.45, 2.75) is 171 Å². The minimum absolute atomic E-state index is 0.569. The second-order valence-electron chi connectivity index (χ2n) is 15.8. The first-order valence-electron chi connectivity index (χ1n) is 18.1. The molecule has 0 aromatic rings. The summed E-state index contributed by atoms with van der Waals surface area (Å²) in [7, 11) is 0. The Morgan fingerprint density at radius 3 is 2.17 bits per heavy atom. The van der Waals surface area contributed by atoms with Crippen LogP contribution in [0.5, 0.6) is 0 Å². The van der Waals surface area contributed by atoms with Gasteiger partial charge in [-0.3, -0.25) is 0 Å². The Balaban J connectivity index is 0.000000827. The summed E-state index contributed by atoms with van der Waals surface area (Å²) in [5.41, 5.74) is 4.02.